The Labute approximate surface area is 153 Å². The van der Waals surface area contributed by atoms with E-state index in [1.54, 1.807) is 12.1 Å². The van der Waals surface area contributed by atoms with Gasteiger partial charge in [-0.1, -0.05) is 26.0 Å². The van der Waals surface area contributed by atoms with Crippen LogP contribution in [0.4, 0.5) is 0 Å². The molecule has 0 aliphatic heterocycles. The van der Waals surface area contributed by atoms with Gasteiger partial charge < -0.3 is 10.8 Å². The lowest BCUT2D eigenvalue weighted by molar-refractivity contribution is 0.299. The molecule has 0 spiro atoms. The van der Waals surface area contributed by atoms with E-state index in [-0.39, 0.29) is 35.9 Å². The SMILES string of the molecule is CC(C)Cn1nc(-c2ccc(S(C)(=O)=O)cc2)c(CCO)c(CN)c1=O. The van der Waals surface area contributed by atoms with Crippen LogP contribution in [0.1, 0.15) is 25.0 Å². The van der Waals surface area contributed by atoms with Gasteiger partial charge in [-0.2, -0.15) is 5.10 Å². The zero-order valence-corrected chi connectivity index (χ0v) is 16.1. The van der Waals surface area contributed by atoms with Crippen molar-refractivity contribution in [1.82, 2.24) is 9.78 Å². The van der Waals surface area contributed by atoms with E-state index in [1.807, 2.05) is 13.8 Å². The normalized spacial score (nSPS) is 11.9. The van der Waals surface area contributed by atoms with Gasteiger partial charge in [0, 0.05) is 37.1 Å². The summed E-state index contributed by atoms with van der Waals surface area (Å²) in [6.45, 7) is 4.32. The molecular weight excluding hydrogens is 354 g/mol. The minimum absolute atomic E-state index is 0.0448. The maximum absolute atomic E-state index is 12.7. The first kappa shape index (κ1) is 20.3. The topological polar surface area (TPSA) is 115 Å². The summed E-state index contributed by atoms with van der Waals surface area (Å²) in [5, 5.41) is 13.9. The highest BCUT2D eigenvalue weighted by Crippen LogP contribution is 2.24. The molecule has 0 bridgehead atoms. The van der Waals surface area contributed by atoms with Crippen LogP contribution in [0.3, 0.4) is 0 Å². The minimum atomic E-state index is -3.30. The standard InChI is InChI=1S/C18H25N3O4S/c1-12(2)11-21-18(23)16(10-19)15(8-9-22)17(20-21)13-4-6-14(7-5-13)26(3,24)25/h4-7,12,22H,8-11,19H2,1-3H3. The average Bonchev–Trinajstić information content (AvgIpc) is 2.57. The van der Waals surface area contributed by atoms with Crippen LogP contribution in [0.15, 0.2) is 34.0 Å². The maximum atomic E-state index is 12.7. The monoisotopic (exact) mass is 379 g/mol. The number of rotatable bonds is 7. The Bertz CT molecular complexity index is 932. The van der Waals surface area contributed by atoms with Crippen molar-refractivity contribution in [3.05, 3.63) is 45.7 Å². The maximum Gasteiger partial charge on any atom is 0.271 e. The third kappa shape index (κ3) is 4.38. The molecule has 3 N–H and O–H groups in total. The first-order valence-electron chi connectivity index (χ1n) is 8.43. The molecule has 0 saturated heterocycles. The Balaban J connectivity index is 2.70. The van der Waals surface area contributed by atoms with Gasteiger partial charge in [-0.05, 0) is 30.0 Å². The summed E-state index contributed by atoms with van der Waals surface area (Å²) < 4.78 is 24.7. The molecule has 8 heteroatoms. The lowest BCUT2D eigenvalue weighted by Crippen LogP contribution is -2.32. The van der Waals surface area contributed by atoms with Gasteiger partial charge in [0.25, 0.3) is 5.56 Å². The summed E-state index contributed by atoms with van der Waals surface area (Å²) in [5.41, 5.74) is 7.81. The summed E-state index contributed by atoms with van der Waals surface area (Å²) in [5.74, 6) is 0.218. The van der Waals surface area contributed by atoms with Crippen LogP contribution in [-0.2, 0) is 29.3 Å². The van der Waals surface area contributed by atoms with Crippen molar-refractivity contribution in [3.63, 3.8) is 0 Å². The molecule has 0 radical (unpaired) electrons. The van der Waals surface area contributed by atoms with Crippen molar-refractivity contribution in [2.75, 3.05) is 12.9 Å². The first-order chi connectivity index (χ1) is 12.2. The van der Waals surface area contributed by atoms with Crippen LogP contribution in [0.5, 0.6) is 0 Å². The molecule has 1 aromatic carbocycles. The molecule has 0 saturated carbocycles. The number of hydrogen-bond donors (Lipinski definition) is 2. The van der Waals surface area contributed by atoms with Crippen LogP contribution in [0, 0.1) is 5.92 Å². The van der Waals surface area contributed by atoms with E-state index in [4.69, 9.17) is 5.73 Å². The minimum Gasteiger partial charge on any atom is -0.396 e. The number of aliphatic hydroxyl groups is 1. The highest BCUT2D eigenvalue weighted by molar-refractivity contribution is 7.90. The van der Waals surface area contributed by atoms with Gasteiger partial charge in [-0.15, -0.1) is 0 Å². The number of nitrogens with zero attached hydrogens (tertiary/aromatic N) is 2. The van der Waals surface area contributed by atoms with Crippen LogP contribution in [0.25, 0.3) is 11.3 Å². The Morgan fingerprint density at radius 1 is 1.19 bits per heavy atom. The molecular formula is C18H25N3O4S. The Hall–Kier alpha value is -2.03. The molecule has 0 atom stereocenters. The molecule has 26 heavy (non-hydrogen) atoms. The zero-order valence-electron chi connectivity index (χ0n) is 15.3. The van der Waals surface area contributed by atoms with Gasteiger partial charge in [0.15, 0.2) is 9.84 Å². The van der Waals surface area contributed by atoms with Crippen LogP contribution in [0.2, 0.25) is 0 Å². The van der Waals surface area contributed by atoms with E-state index in [1.165, 1.54) is 16.8 Å². The molecule has 1 heterocycles. The highest BCUT2D eigenvalue weighted by atomic mass is 32.2. The fourth-order valence-electron chi connectivity index (χ4n) is 2.81. The summed E-state index contributed by atoms with van der Waals surface area (Å²) in [6.07, 6.45) is 1.40. The van der Waals surface area contributed by atoms with E-state index in [0.717, 1.165) is 6.26 Å². The van der Waals surface area contributed by atoms with Crippen molar-refractivity contribution < 1.29 is 13.5 Å². The number of benzene rings is 1. The summed E-state index contributed by atoms with van der Waals surface area (Å²) >= 11 is 0. The van der Waals surface area contributed by atoms with Gasteiger partial charge in [0.1, 0.15) is 0 Å². The molecule has 0 fully saturated rings. The Morgan fingerprint density at radius 2 is 1.81 bits per heavy atom. The van der Waals surface area contributed by atoms with E-state index in [0.29, 0.717) is 28.9 Å². The molecule has 0 aliphatic carbocycles. The third-order valence-corrected chi connectivity index (χ3v) is 5.15. The van der Waals surface area contributed by atoms with E-state index in [9.17, 15) is 18.3 Å². The van der Waals surface area contributed by atoms with E-state index in [2.05, 4.69) is 5.10 Å². The smallest absolute Gasteiger partial charge is 0.271 e. The molecule has 2 rings (SSSR count). The lowest BCUT2D eigenvalue weighted by Gasteiger charge is -2.17. The molecule has 2 aromatic rings. The predicted molar refractivity (Wildman–Crippen MR) is 101 cm³/mol. The van der Waals surface area contributed by atoms with Crippen molar-refractivity contribution in [1.29, 1.82) is 0 Å². The predicted octanol–water partition coefficient (Wildman–Crippen LogP) is 0.963. The second-order valence-corrected chi connectivity index (χ2v) is 8.68. The molecule has 0 amide bonds. The van der Waals surface area contributed by atoms with Crippen LogP contribution in [-0.4, -0.2) is 36.2 Å². The Kier molecular flexibility index (Phi) is 6.33. The fraction of sp³-hybridized carbons (Fsp3) is 0.444. The Morgan fingerprint density at radius 3 is 2.27 bits per heavy atom. The number of aromatic nitrogens is 2. The highest BCUT2D eigenvalue weighted by Gasteiger charge is 2.18. The van der Waals surface area contributed by atoms with E-state index < -0.39 is 9.84 Å². The quantitative estimate of drug-likeness (QED) is 0.740. The fourth-order valence-corrected chi connectivity index (χ4v) is 3.44. The second kappa shape index (κ2) is 8.11. The largest absolute Gasteiger partial charge is 0.396 e. The van der Waals surface area contributed by atoms with Crippen molar-refractivity contribution in [2.45, 2.75) is 38.3 Å². The van der Waals surface area contributed by atoms with Gasteiger partial charge in [-0.25, -0.2) is 13.1 Å². The summed E-state index contributed by atoms with van der Waals surface area (Å²) in [4.78, 5) is 12.9. The van der Waals surface area contributed by atoms with Crippen molar-refractivity contribution >= 4 is 9.84 Å². The molecule has 0 unspecified atom stereocenters. The summed E-state index contributed by atoms with van der Waals surface area (Å²) in [6, 6.07) is 6.33. The first-order valence-corrected chi connectivity index (χ1v) is 10.3. The van der Waals surface area contributed by atoms with Crippen molar-refractivity contribution in [3.8, 4) is 11.3 Å². The van der Waals surface area contributed by atoms with Gasteiger partial charge in [-0.3, -0.25) is 4.79 Å². The number of aliphatic hydroxyl groups excluding tert-OH is 1. The van der Waals surface area contributed by atoms with Gasteiger partial charge in [0.2, 0.25) is 0 Å². The summed E-state index contributed by atoms with van der Waals surface area (Å²) in [7, 11) is -3.30. The molecule has 7 nitrogen and oxygen atoms in total. The lowest BCUT2D eigenvalue weighted by atomic mass is 9.99. The third-order valence-electron chi connectivity index (χ3n) is 4.02. The number of sulfone groups is 1. The zero-order chi connectivity index (χ0) is 19.5. The number of nitrogens with two attached hydrogens (primary N) is 1. The van der Waals surface area contributed by atoms with Gasteiger partial charge >= 0.3 is 0 Å². The number of hydrogen-bond acceptors (Lipinski definition) is 6. The van der Waals surface area contributed by atoms with Gasteiger partial charge in [0.05, 0.1) is 10.6 Å². The molecule has 142 valence electrons. The van der Waals surface area contributed by atoms with Crippen LogP contribution >= 0.6 is 0 Å². The molecule has 0 aliphatic rings. The van der Waals surface area contributed by atoms with Crippen molar-refractivity contribution in [2.24, 2.45) is 11.7 Å². The second-order valence-electron chi connectivity index (χ2n) is 6.66. The molecule has 1 aromatic heterocycles. The van der Waals surface area contributed by atoms with E-state index >= 15 is 0 Å². The average molecular weight is 379 g/mol. The van der Waals surface area contributed by atoms with Crippen LogP contribution < -0.4 is 11.3 Å².